The number of alkyl halides is 5. The molecule has 35 heavy (non-hydrogen) atoms. The first-order valence-electron chi connectivity index (χ1n) is 9.90. The topological polar surface area (TPSA) is 76.4 Å². The molecule has 4 aromatic rings. The van der Waals surface area contributed by atoms with Crippen LogP contribution < -0.4 is 4.72 Å². The molecular formula is C23H15F5N4O2S. The first kappa shape index (κ1) is 24.3. The zero-order chi connectivity index (χ0) is 25.4. The standard InChI is InChI=1S/C23H15F5N4O2S/c1-29-35(33,34)18-10-3-14(4-11-18)2-5-16-13-30-32-20(21(24)25)12-19(31-22(16)32)15-6-8-17(9-7-15)23(26,27)28/h3-4,6-13,21,29H,1H3. The predicted molar refractivity (Wildman–Crippen MR) is 117 cm³/mol. The van der Waals surface area contributed by atoms with Crippen LogP contribution in [0.1, 0.15) is 28.8 Å². The van der Waals surface area contributed by atoms with Crippen molar-refractivity contribution in [1.29, 1.82) is 0 Å². The fraction of sp³-hybridized carbons (Fsp3) is 0.130. The number of hydrogen-bond donors (Lipinski definition) is 1. The lowest BCUT2D eigenvalue weighted by Crippen LogP contribution is -2.18. The fourth-order valence-electron chi connectivity index (χ4n) is 3.18. The molecule has 2 heterocycles. The van der Waals surface area contributed by atoms with Crippen molar-refractivity contribution in [2.45, 2.75) is 17.5 Å². The minimum absolute atomic E-state index is 0.000390. The summed E-state index contributed by atoms with van der Waals surface area (Å²) in [5.74, 6) is 5.57. The third-order valence-corrected chi connectivity index (χ3v) is 6.44. The third kappa shape index (κ3) is 5.01. The molecule has 0 fully saturated rings. The van der Waals surface area contributed by atoms with Crippen LogP contribution in [0.2, 0.25) is 0 Å². The average molecular weight is 506 g/mol. The van der Waals surface area contributed by atoms with Crippen molar-refractivity contribution >= 4 is 15.7 Å². The van der Waals surface area contributed by atoms with Gasteiger partial charge in [-0.25, -0.2) is 31.4 Å². The molecule has 0 saturated heterocycles. The molecule has 0 unspecified atom stereocenters. The normalized spacial score (nSPS) is 12.1. The Labute approximate surface area is 196 Å². The van der Waals surface area contributed by atoms with Crippen LogP contribution in [-0.2, 0) is 16.2 Å². The minimum atomic E-state index is -4.53. The highest BCUT2D eigenvalue weighted by Crippen LogP contribution is 2.32. The van der Waals surface area contributed by atoms with Gasteiger partial charge in [-0.1, -0.05) is 24.0 Å². The molecule has 0 radical (unpaired) electrons. The highest BCUT2D eigenvalue weighted by molar-refractivity contribution is 7.89. The molecule has 2 aromatic carbocycles. The second-order valence-corrected chi connectivity index (χ2v) is 9.10. The van der Waals surface area contributed by atoms with Gasteiger partial charge in [0.1, 0.15) is 5.69 Å². The van der Waals surface area contributed by atoms with Gasteiger partial charge in [0.2, 0.25) is 10.0 Å². The molecule has 0 aliphatic heterocycles. The average Bonchev–Trinajstić information content (AvgIpc) is 3.24. The number of fused-ring (bicyclic) bond motifs is 1. The maximum Gasteiger partial charge on any atom is 0.416 e. The Kier molecular flexibility index (Phi) is 6.31. The van der Waals surface area contributed by atoms with E-state index in [1.807, 2.05) is 0 Å². The maximum atomic E-state index is 13.7. The van der Waals surface area contributed by atoms with Crippen molar-refractivity contribution in [3.05, 3.63) is 83.2 Å². The predicted octanol–water partition coefficient (Wildman–Crippen LogP) is 4.66. The van der Waals surface area contributed by atoms with Crippen molar-refractivity contribution in [3.63, 3.8) is 0 Å². The van der Waals surface area contributed by atoms with Crippen LogP contribution in [0.3, 0.4) is 0 Å². The lowest BCUT2D eigenvalue weighted by atomic mass is 10.1. The Balaban J connectivity index is 1.75. The van der Waals surface area contributed by atoms with E-state index in [-0.39, 0.29) is 27.4 Å². The summed E-state index contributed by atoms with van der Waals surface area (Å²) in [6, 6.07) is 10.7. The second-order valence-electron chi connectivity index (χ2n) is 7.22. The van der Waals surface area contributed by atoms with Crippen molar-refractivity contribution < 1.29 is 30.4 Å². The van der Waals surface area contributed by atoms with E-state index in [0.717, 1.165) is 34.8 Å². The van der Waals surface area contributed by atoms with Gasteiger partial charge in [-0.15, -0.1) is 0 Å². The molecule has 0 atom stereocenters. The summed E-state index contributed by atoms with van der Waals surface area (Å²) in [4.78, 5) is 4.35. The first-order chi connectivity index (χ1) is 16.5. The molecule has 2 aromatic heterocycles. The van der Waals surface area contributed by atoms with Gasteiger partial charge >= 0.3 is 6.18 Å². The van der Waals surface area contributed by atoms with Crippen LogP contribution in [-0.4, -0.2) is 30.1 Å². The lowest BCUT2D eigenvalue weighted by Gasteiger charge is -2.10. The zero-order valence-corrected chi connectivity index (χ0v) is 18.6. The molecule has 0 amide bonds. The summed E-state index contributed by atoms with van der Waals surface area (Å²) in [6.45, 7) is 0. The summed E-state index contributed by atoms with van der Waals surface area (Å²) in [5.41, 5.74) is -0.476. The van der Waals surface area contributed by atoms with E-state index in [0.29, 0.717) is 5.56 Å². The van der Waals surface area contributed by atoms with E-state index < -0.39 is 33.9 Å². The molecule has 0 aliphatic rings. The van der Waals surface area contributed by atoms with Crippen LogP contribution in [0, 0.1) is 11.8 Å². The molecule has 12 heteroatoms. The number of nitrogens with one attached hydrogen (secondary N) is 1. The first-order valence-corrected chi connectivity index (χ1v) is 11.4. The van der Waals surface area contributed by atoms with Crippen molar-refractivity contribution in [2.24, 2.45) is 0 Å². The van der Waals surface area contributed by atoms with Crippen LogP contribution in [0.25, 0.3) is 16.9 Å². The van der Waals surface area contributed by atoms with E-state index in [1.165, 1.54) is 37.5 Å². The van der Waals surface area contributed by atoms with Gasteiger partial charge in [0.15, 0.2) is 5.65 Å². The van der Waals surface area contributed by atoms with E-state index in [2.05, 4.69) is 26.6 Å². The highest BCUT2D eigenvalue weighted by atomic mass is 32.2. The molecule has 0 saturated carbocycles. The number of aromatic nitrogens is 3. The number of hydrogen-bond acceptors (Lipinski definition) is 4. The van der Waals surface area contributed by atoms with Gasteiger partial charge in [0.05, 0.1) is 27.9 Å². The minimum Gasteiger partial charge on any atom is -0.227 e. The molecule has 1 N–H and O–H groups in total. The monoisotopic (exact) mass is 506 g/mol. The summed E-state index contributed by atoms with van der Waals surface area (Å²) < 4.78 is 92.8. The Morgan fingerprint density at radius 2 is 1.66 bits per heavy atom. The second kappa shape index (κ2) is 9.09. The highest BCUT2D eigenvalue weighted by Gasteiger charge is 2.30. The summed E-state index contributed by atoms with van der Waals surface area (Å²) in [5, 5.41) is 3.93. The summed E-state index contributed by atoms with van der Waals surface area (Å²) >= 11 is 0. The van der Waals surface area contributed by atoms with Gasteiger partial charge < -0.3 is 0 Å². The lowest BCUT2D eigenvalue weighted by molar-refractivity contribution is -0.137. The Hall–Kier alpha value is -3.82. The van der Waals surface area contributed by atoms with Crippen LogP contribution in [0.4, 0.5) is 22.0 Å². The quantitative estimate of drug-likeness (QED) is 0.323. The largest absolute Gasteiger partial charge is 0.416 e. The Morgan fingerprint density at radius 1 is 1.00 bits per heavy atom. The smallest absolute Gasteiger partial charge is 0.227 e. The third-order valence-electron chi connectivity index (χ3n) is 5.01. The number of rotatable bonds is 4. The van der Waals surface area contributed by atoms with Crippen molar-refractivity contribution in [3.8, 4) is 23.1 Å². The van der Waals surface area contributed by atoms with E-state index in [4.69, 9.17) is 0 Å². The van der Waals surface area contributed by atoms with E-state index in [9.17, 15) is 30.4 Å². The molecule has 0 spiro atoms. The molecule has 6 nitrogen and oxygen atoms in total. The Bertz CT molecular complexity index is 1550. The molecule has 180 valence electrons. The van der Waals surface area contributed by atoms with Gasteiger partial charge in [-0.2, -0.15) is 18.3 Å². The number of sulfonamides is 1. The van der Waals surface area contributed by atoms with Gasteiger partial charge in [-0.3, -0.25) is 0 Å². The van der Waals surface area contributed by atoms with Crippen LogP contribution in [0.15, 0.2) is 65.7 Å². The summed E-state index contributed by atoms with van der Waals surface area (Å²) in [6.07, 6.45) is -6.22. The maximum absolute atomic E-state index is 13.7. The molecule has 4 rings (SSSR count). The molecule has 0 aliphatic carbocycles. The van der Waals surface area contributed by atoms with Gasteiger partial charge in [0.25, 0.3) is 6.43 Å². The number of benzene rings is 2. The number of nitrogens with zero attached hydrogens (tertiary/aromatic N) is 3. The summed E-state index contributed by atoms with van der Waals surface area (Å²) in [7, 11) is -2.33. The van der Waals surface area contributed by atoms with Crippen molar-refractivity contribution in [2.75, 3.05) is 7.05 Å². The number of halogens is 5. The van der Waals surface area contributed by atoms with E-state index >= 15 is 0 Å². The Morgan fingerprint density at radius 3 is 2.23 bits per heavy atom. The zero-order valence-electron chi connectivity index (χ0n) is 17.8. The molecular weight excluding hydrogens is 491 g/mol. The molecule has 0 bridgehead atoms. The van der Waals surface area contributed by atoms with Crippen molar-refractivity contribution in [1.82, 2.24) is 19.3 Å². The van der Waals surface area contributed by atoms with E-state index in [1.54, 1.807) is 0 Å². The fourth-order valence-corrected chi connectivity index (χ4v) is 3.91. The van der Waals surface area contributed by atoms with Crippen LogP contribution >= 0.6 is 0 Å². The SMILES string of the molecule is CNS(=O)(=O)c1ccc(C#Cc2cnn3c(C(F)F)cc(-c4ccc(C(F)(F)F)cc4)nc23)cc1. The van der Waals surface area contributed by atoms with Gasteiger partial charge in [-0.05, 0) is 49.5 Å². The van der Waals surface area contributed by atoms with Crippen LogP contribution in [0.5, 0.6) is 0 Å². The van der Waals surface area contributed by atoms with Gasteiger partial charge in [0, 0.05) is 11.1 Å².